The number of allylic oxidation sites excluding steroid dienone is 2. The lowest BCUT2D eigenvalue weighted by atomic mass is 10.0. The van der Waals surface area contributed by atoms with Crippen LogP contribution in [-0.2, 0) is 12.4 Å². The van der Waals surface area contributed by atoms with E-state index in [1.54, 1.807) is 0 Å². The van der Waals surface area contributed by atoms with Crippen LogP contribution in [0.5, 0.6) is 0 Å². The Labute approximate surface area is 179 Å². The number of hydrogen-bond donors (Lipinski definition) is 2. The molecule has 3 aromatic rings. The van der Waals surface area contributed by atoms with Gasteiger partial charge in [-0.2, -0.15) is 39.5 Å². The first-order valence-corrected chi connectivity index (χ1v) is 9.26. The molecule has 0 saturated heterocycles. The highest BCUT2D eigenvalue weighted by Crippen LogP contribution is 2.40. The van der Waals surface area contributed by atoms with Gasteiger partial charge in [0.25, 0.3) is 0 Å². The van der Waals surface area contributed by atoms with Crippen molar-refractivity contribution in [3.05, 3.63) is 70.8 Å². The minimum Gasteiger partial charge on any atom is -0.381 e. The molecular weight excluding hydrogens is 465 g/mol. The van der Waals surface area contributed by atoms with E-state index in [1.807, 2.05) is 0 Å². The monoisotopic (exact) mass is 477 g/mol. The van der Waals surface area contributed by atoms with Crippen molar-refractivity contribution >= 4 is 16.7 Å². The number of nitrogens with zero attached hydrogens (tertiary/aromatic N) is 1. The zero-order valence-electron chi connectivity index (χ0n) is 16.2. The number of fused-ring (bicyclic) bond motifs is 1. The smallest absolute Gasteiger partial charge is 0.381 e. The Hall–Kier alpha value is -3.44. The lowest BCUT2D eigenvalue weighted by Gasteiger charge is -2.20. The minimum atomic E-state index is -5.09. The molecule has 1 aliphatic heterocycles. The number of H-pyrrole nitrogens is 1. The second kappa shape index (κ2) is 7.56. The number of aromatic nitrogens is 2. The zero-order chi connectivity index (χ0) is 24.2. The van der Waals surface area contributed by atoms with E-state index in [4.69, 9.17) is 0 Å². The van der Waals surface area contributed by atoms with Crippen LogP contribution in [0.2, 0.25) is 0 Å². The van der Waals surface area contributed by atoms with E-state index in [0.29, 0.717) is 6.07 Å². The molecule has 0 bridgehead atoms. The van der Waals surface area contributed by atoms with E-state index in [1.165, 1.54) is 30.3 Å². The maximum absolute atomic E-state index is 13.4. The molecule has 0 radical (unpaired) electrons. The molecular formula is C21H12F9N3. The van der Waals surface area contributed by atoms with Gasteiger partial charge in [0, 0.05) is 12.1 Å². The maximum Gasteiger partial charge on any atom is 0.418 e. The van der Waals surface area contributed by atoms with Crippen molar-refractivity contribution in [1.82, 2.24) is 15.3 Å². The largest absolute Gasteiger partial charge is 0.418 e. The van der Waals surface area contributed by atoms with Gasteiger partial charge in [-0.25, -0.2) is 4.98 Å². The van der Waals surface area contributed by atoms with Crippen molar-refractivity contribution in [2.75, 3.05) is 6.54 Å². The van der Waals surface area contributed by atoms with Crippen molar-refractivity contribution in [3.63, 3.8) is 0 Å². The van der Waals surface area contributed by atoms with E-state index >= 15 is 0 Å². The Balaban J connectivity index is 1.79. The van der Waals surface area contributed by atoms with Gasteiger partial charge in [0.05, 0.1) is 27.9 Å². The fourth-order valence-corrected chi connectivity index (χ4v) is 3.44. The zero-order valence-corrected chi connectivity index (χ0v) is 16.2. The highest BCUT2D eigenvalue weighted by molar-refractivity contribution is 5.84. The van der Waals surface area contributed by atoms with Crippen molar-refractivity contribution in [1.29, 1.82) is 0 Å². The first-order chi connectivity index (χ1) is 15.2. The lowest BCUT2D eigenvalue weighted by molar-refractivity contribution is -0.142. The fourth-order valence-electron chi connectivity index (χ4n) is 3.44. The van der Waals surface area contributed by atoms with Gasteiger partial charge < -0.3 is 10.3 Å². The molecule has 0 unspecified atom stereocenters. The Kier molecular flexibility index (Phi) is 5.21. The highest BCUT2D eigenvalue weighted by atomic mass is 19.4. The van der Waals surface area contributed by atoms with Crippen molar-refractivity contribution in [3.8, 4) is 11.4 Å². The lowest BCUT2D eigenvalue weighted by Crippen LogP contribution is -2.24. The Morgan fingerprint density at radius 1 is 0.758 bits per heavy atom. The summed E-state index contributed by atoms with van der Waals surface area (Å²) < 4.78 is 119. The summed E-state index contributed by atoms with van der Waals surface area (Å²) in [5.41, 5.74) is -4.93. The average molecular weight is 477 g/mol. The first kappa shape index (κ1) is 22.7. The molecule has 2 N–H and O–H groups in total. The third-order valence-electron chi connectivity index (χ3n) is 4.92. The van der Waals surface area contributed by atoms with Crippen LogP contribution in [0.4, 0.5) is 39.5 Å². The molecule has 0 fully saturated rings. The summed E-state index contributed by atoms with van der Waals surface area (Å²) in [6.07, 6.45) is -12.5. The van der Waals surface area contributed by atoms with Crippen molar-refractivity contribution in [2.45, 2.75) is 18.5 Å². The number of halogens is 9. The number of alkyl halides is 9. The van der Waals surface area contributed by atoms with Crippen LogP contribution in [-0.4, -0.2) is 22.7 Å². The molecule has 2 heterocycles. The fraction of sp³-hybridized carbons (Fsp3) is 0.190. The quantitative estimate of drug-likeness (QED) is 0.404. The van der Waals surface area contributed by atoms with Gasteiger partial charge >= 0.3 is 18.5 Å². The predicted molar refractivity (Wildman–Crippen MR) is 102 cm³/mol. The SMILES string of the molecule is FC(F)(F)C1=C(c2ccc(-c3nc4c(C(F)(F)F)cc(C(F)(F)F)cc4[nH]3)cc2)NCC=C1. The van der Waals surface area contributed by atoms with Gasteiger partial charge in [-0.05, 0) is 17.7 Å². The normalized spacial score (nSPS) is 15.3. The van der Waals surface area contributed by atoms with Crippen LogP contribution in [0.25, 0.3) is 28.1 Å². The molecule has 4 rings (SSSR count). The molecule has 3 nitrogen and oxygen atoms in total. The summed E-state index contributed by atoms with van der Waals surface area (Å²) in [4.78, 5) is 6.25. The summed E-state index contributed by atoms with van der Waals surface area (Å²) in [6.45, 7) is 0.169. The second-order valence-electron chi connectivity index (χ2n) is 7.15. The van der Waals surface area contributed by atoms with E-state index in [0.717, 1.165) is 6.08 Å². The molecule has 33 heavy (non-hydrogen) atoms. The average Bonchev–Trinajstić information content (AvgIpc) is 3.15. The first-order valence-electron chi connectivity index (χ1n) is 9.26. The summed E-state index contributed by atoms with van der Waals surface area (Å²) >= 11 is 0. The van der Waals surface area contributed by atoms with Crippen molar-refractivity contribution < 1.29 is 39.5 Å². The number of rotatable bonds is 2. The number of nitrogens with one attached hydrogen (secondary N) is 2. The van der Waals surface area contributed by atoms with Crippen LogP contribution in [0.1, 0.15) is 16.7 Å². The third-order valence-corrected chi connectivity index (χ3v) is 4.92. The Bertz CT molecular complexity index is 1260. The third kappa shape index (κ3) is 4.41. The van der Waals surface area contributed by atoms with Gasteiger partial charge in [-0.1, -0.05) is 36.4 Å². The molecule has 0 spiro atoms. The summed E-state index contributed by atoms with van der Waals surface area (Å²) in [6, 6.07) is 5.75. The van der Waals surface area contributed by atoms with Crippen LogP contribution in [0.3, 0.4) is 0 Å². The number of dihydropyridines is 1. The van der Waals surface area contributed by atoms with E-state index in [-0.39, 0.29) is 35.3 Å². The second-order valence-corrected chi connectivity index (χ2v) is 7.15. The highest BCUT2D eigenvalue weighted by Gasteiger charge is 2.39. The van der Waals surface area contributed by atoms with Gasteiger partial charge in [-0.3, -0.25) is 0 Å². The van der Waals surface area contributed by atoms with Gasteiger partial charge in [0.15, 0.2) is 0 Å². The maximum atomic E-state index is 13.4. The molecule has 174 valence electrons. The van der Waals surface area contributed by atoms with E-state index in [2.05, 4.69) is 15.3 Å². The van der Waals surface area contributed by atoms with Crippen LogP contribution >= 0.6 is 0 Å². The molecule has 1 aliphatic rings. The van der Waals surface area contributed by atoms with Gasteiger partial charge in [-0.15, -0.1) is 0 Å². The summed E-state index contributed by atoms with van der Waals surface area (Å²) in [5.74, 6) is -0.164. The Morgan fingerprint density at radius 3 is 1.97 bits per heavy atom. The molecule has 1 aromatic heterocycles. The summed E-state index contributed by atoms with van der Waals surface area (Å²) in [7, 11) is 0. The topological polar surface area (TPSA) is 40.7 Å². The van der Waals surface area contributed by atoms with Crippen LogP contribution in [0.15, 0.2) is 54.1 Å². The number of hydrogen-bond acceptors (Lipinski definition) is 2. The molecule has 0 amide bonds. The van der Waals surface area contributed by atoms with Crippen LogP contribution < -0.4 is 5.32 Å². The van der Waals surface area contributed by atoms with Gasteiger partial charge in [0.2, 0.25) is 0 Å². The standard InChI is InChI=1S/C21H12F9N3/c22-19(23,24)12-8-14(21(28,29)30)17-15(9-12)32-18(33-17)11-5-3-10(4-6-11)16-13(20(25,26)27)2-1-7-31-16/h1-6,8-9,31H,7H2,(H,32,33). The van der Waals surface area contributed by atoms with E-state index in [9.17, 15) is 39.5 Å². The molecule has 0 saturated carbocycles. The number of imidazole rings is 1. The number of aromatic amines is 1. The van der Waals surface area contributed by atoms with Gasteiger partial charge in [0.1, 0.15) is 11.3 Å². The molecule has 2 aromatic carbocycles. The van der Waals surface area contributed by atoms with E-state index < -0.39 is 46.3 Å². The molecule has 0 atom stereocenters. The number of benzene rings is 2. The minimum absolute atomic E-state index is 0.0105. The molecule has 0 aliphatic carbocycles. The predicted octanol–water partition coefficient (Wildman–Crippen LogP) is 6.70. The molecule has 12 heteroatoms. The summed E-state index contributed by atoms with van der Waals surface area (Å²) in [5, 5.41) is 2.64. The van der Waals surface area contributed by atoms with Crippen LogP contribution in [0, 0.1) is 0 Å². The Morgan fingerprint density at radius 2 is 1.39 bits per heavy atom. The van der Waals surface area contributed by atoms with Crippen molar-refractivity contribution in [2.24, 2.45) is 0 Å².